The van der Waals surface area contributed by atoms with Gasteiger partial charge in [-0.25, -0.2) is 0 Å². The fraction of sp³-hybridized carbons (Fsp3) is 0. The Morgan fingerprint density at radius 2 is 2.11 bits per heavy atom. The van der Waals surface area contributed by atoms with Crippen LogP contribution in [0.4, 0.5) is 0 Å². The van der Waals surface area contributed by atoms with Crippen LogP contribution < -0.4 is 0 Å². The molecule has 2 nitrogen and oxygen atoms in total. The molecule has 0 radical (unpaired) electrons. The second kappa shape index (κ2) is 5.81. The van der Waals surface area contributed by atoms with E-state index in [0.717, 1.165) is 4.64 Å². The third-order valence-electron chi connectivity index (χ3n) is 0.681. The van der Waals surface area contributed by atoms with E-state index >= 15 is 0 Å². The minimum atomic E-state index is 0.780. The Labute approximate surface area is 66.1 Å². The average molecular weight is 186 g/mol. The number of hydrogen-bond donors (Lipinski definition) is 1. The maximum atomic E-state index is 7.94. The van der Waals surface area contributed by atoms with Gasteiger partial charge in [-0.1, -0.05) is 18.3 Å². The zero-order valence-corrected chi connectivity index (χ0v) is 6.32. The minimum absolute atomic E-state index is 0.780. The zero-order valence-electron chi connectivity index (χ0n) is 4.46. The Morgan fingerprint density at radius 1 is 1.44 bits per heavy atom. The van der Waals surface area contributed by atoms with Crippen molar-refractivity contribution in [1.82, 2.24) is 4.98 Å². The summed E-state index contributed by atoms with van der Waals surface area (Å²) >= 11 is 7.07. The summed E-state index contributed by atoms with van der Waals surface area (Å²) in [5, 5.41) is 0. The molecule has 0 aliphatic heterocycles. The molecule has 0 spiro atoms. The van der Waals surface area contributed by atoms with Crippen LogP contribution in [0.5, 0.6) is 0 Å². The van der Waals surface area contributed by atoms with Crippen LogP contribution in [0, 0.1) is 4.64 Å². The fourth-order valence-electron chi connectivity index (χ4n) is 0.377. The van der Waals surface area contributed by atoms with E-state index in [1.165, 1.54) is 0 Å². The van der Waals surface area contributed by atoms with Crippen LogP contribution in [0.3, 0.4) is 0 Å². The van der Waals surface area contributed by atoms with E-state index in [1.54, 1.807) is 0 Å². The molecule has 1 aromatic heterocycles. The molecule has 0 saturated heterocycles. The van der Waals surface area contributed by atoms with Gasteiger partial charge in [-0.2, -0.15) is 0 Å². The number of aromatic nitrogens is 1. The molecule has 9 heavy (non-hydrogen) atoms. The molecule has 1 aromatic rings. The first-order valence-corrected chi connectivity index (χ1v) is 3.00. The van der Waals surface area contributed by atoms with E-state index in [2.05, 4.69) is 20.7 Å². The molecule has 0 aromatic carbocycles. The molecule has 0 amide bonds. The van der Waals surface area contributed by atoms with E-state index in [0.29, 0.717) is 0 Å². The summed E-state index contributed by atoms with van der Waals surface area (Å²) in [6, 6.07) is 5.64. The van der Waals surface area contributed by atoms with Gasteiger partial charge in [-0.15, -0.1) is 0 Å². The molecule has 0 atom stereocenters. The van der Waals surface area contributed by atoms with Crippen molar-refractivity contribution >= 4 is 12.2 Å². The predicted octanol–water partition coefficient (Wildman–Crippen LogP) is 1.62. The van der Waals surface area contributed by atoms with Crippen LogP contribution in [-0.2, 0) is 19.5 Å². The third-order valence-corrected chi connectivity index (χ3v) is 0.934. The number of hydrogen-bond acceptors (Lipinski definition) is 2. The Balaban J connectivity index is 0.000000291. The van der Waals surface area contributed by atoms with Crippen LogP contribution in [-0.4, -0.2) is 4.98 Å². The molecule has 1 heterocycles. The SMILES string of the molecule is S=c1cccc[nH]1.[O]=[Co]. The van der Waals surface area contributed by atoms with Crippen LogP contribution >= 0.6 is 12.2 Å². The van der Waals surface area contributed by atoms with Crippen molar-refractivity contribution in [2.24, 2.45) is 0 Å². The van der Waals surface area contributed by atoms with Gasteiger partial charge in [0.05, 0.1) is 0 Å². The van der Waals surface area contributed by atoms with Crippen molar-refractivity contribution in [2.45, 2.75) is 0 Å². The molecule has 0 unspecified atom stereocenters. The molecule has 0 saturated carbocycles. The van der Waals surface area contributed by atoms with Gasteiger partial charge >= 0.3 is 19.5 Å². The molecule has 1 N–H and O–H groups in total. The monoisotopic (exact) mass is 186 g/mol. The van der Waals surface area contributed by atoms with E-state index in [4.69, 9.17) is 16.1 Å². The number of aromatic amines is 1. The first-order valence-electron chi connectivity index (χ1n) is 2.17. The molecule has 0 fully saturated rings. The van der Waals surface area contributed by atoms with Crippen LogP contribution in [0.25, 0.3) is 0 Å². The zero-order chi connectivity index (χ0) is 7.11. The first-order chi connectivity index (χ1) is 4.39. The molecule has 4 heteroatoms. The Bertz CT molecular complexity index is 195. The van der Waals surface area contributed by atoms with Crippen molar-refractivity contribution in [3.63, 3.8) is 0 Å². The standard InChI is InChI=1S/C5H5NS.Co.O/c7-5-3-1-2-4-6-5;;/h1-4H,(H,6,7);;. The van der Waals surface area contributed by atoms with Crippen LogP contribution in [0.1, 0.15) is 0 Å². The normalized spacial score (nSPS) is 7.22. The van der Waals surface area contributed by atoms with Crippen molar-refractivity contribution in [3.8, 4) is 0 Å². The summed E-state index contributed by atoms with van der Waals surface area (Å²) in [7, 11) is 0. The van der Waals surface area contributed by atoms with Gasteiger partial charge in [0.1, 0.15) is 4.64 Å². The number of H-pyrrole nitrogens is 1. The van der Waals surface area contributed by atoms with Crippen molar-refractivity contribution in [3.05, 3.63) is 29.0 Å². The van der Waals surface area contributed by atoms with Crippen LogP contribution in [0.2, 0.25) is 0 Å². The Kier molecular flexibility index (Phi) is 5.60. The molecule has 51 valence electrons. The predicted molar refractivity (Wildman–Crippen MR) is 32.3 cm³/mol. The molecular weight excluding hydrogens is 181 g/mol. The van der Waals surface area contributed by atoms with Gasteiger partial charge < -0.3 is 4.98 Å². The Hall–Kier alpha value is -0.324. The van der Waals surface area contributed by atoms with Gasteiger partial charge in [-0.05, 0) is 12.1 Å². The molecule has 0 aliphatic rings. The quantitative estimate of drug-likeness (QED) is 0.624. The van der Waals surface area contributed by atoms with Crippen molar-refractivity contribution < 1.29 is 19.5 Å². The van der Waals surface area contributed by atoms with Gasteiger partial charge in [0, 0.05) is 6.20 Å². The topological polar surface area (TPSA) is 32.9 Å². The second-order valence-electron chi connectivity index (χ2n) is 1.23. The van der Waals surface area contributed by atoms with E-state index in [-0.39, 0.29) is 0 Å². The molecular formula is C5H5CoNOS. The average Bonchev–Trinajstić information content (AvgIpc) is 1.94. The fourth-order valence-corrected chi connectivity index (χ4v) is 0.523. The summed E-state index contributed by atoms with van der Waals surface area (Å²) in [5.41, 5.74) is 0. The van der Waals surface area contributed by atoms with E-state index in [1.807, 2.05) is 24.4 Å². The van der Waals surface area contributed by atoms with E-state index < -0.39 is 0 Å². The first kappa shape index (κ1) is 8.68. The van der Waals surface area contributed by atoms with Crippen molar-refractivity contribution in [1.29, 1.82) is 0 Å². The van der Waals surface area contributed by atoms with Crippen molar-refractivity contribution in [2.75, 3.05) is 0 Å². The number of pyridine rings is 1. The van der Waals surface area contributed by atoms with Gasteiger partial charge in [0.25, 0.3) is 0 Å². The number of nitrogens with one attached hydrogen (secondary N) is 1. The number of rotatable bonds is 0. The summed E-state index contributed by atoms with van der Waals surface area (Å²) in [5.74, 6) is 0. The molecule has 0 bridgehead atoms. The van der Waals surface area contributed by atoms with Crippen LogP contribution in [0.15, 0.2) is 24.4 Å². The second-order valence-corrected chi connectivity index (χ2v) is 1.67. The van der Waals surface area contributed by atoms with Gasteiger partial charge in [0.2, 0.25) is 0 Å². The summed E-state index contributed by atoms with van der Waals surface area (Å²) in [4.78, 5) is 2.85. The molecule has 1 rings (SSSR count). The van der Waals surface area contributed by atoms with Gasteiger partial charge in [0.15, 0.2) is 0 Å². The summed E-state index contributed by atoms with van der Waals surface area (Å²) in [6.07, 6.45) is 1.81. The Morgan fingerprint density at radius 3 is 2.33 bits per heavy atom. The maximum absolute atomic E-state index is 7.94. The van der Waals surface area contributed by atoms with E-state index in [9.17, 15) is 0 Å². The third kappa shape index (κ3) is 4.20. The summed E-state index contributed by atoms with van der Waals surface area (Å²) < 4.78 is 8.72. The summed E-state index contributed by atoms with van der Waals surface area (Å²) in [6.45, 7) is 0. The van der Waals surface area contributed by atoms with Gasteiger partial charge in [-0.3, -0.25) is 0 Å². The molecule has 0 aliphatic carbocycles.